The second-order valence-corrected chi connectivity index (χ2v) is 6.49. The summed E-state index contributed by atoms with van der Waals surface area (Å²) in [5, 5.41) is 7.40. The van der Waals surface area contributed by atoms with E-state index in [0.29, 0.717) is 17.0 Å². The molecule has 150 valence electrons. The molecule has 1 amide bonds. The van der Waals surface area contributed by atoms with Gasteiger partial charge < -0.3 is 14.8 Å². The smallest absolute Gasteiger partial charge is 0.307 e. The van der Waals surface area contributed by atoms with Gasteiger partial charge in [-0.15, -0.1) is 0 Å². The van der Waals surface area contributed by atoms with Crippen LogP contribution >= 0.6 is 0 Å². The lowest BCUT2D eigenvalue weighted by Crippen LogP contribution is -2.26. The highest BCUT2D eigenvalue weighted by molar-refractivity contribution is 6.00. The number of benzene rings is 2. The Morgan fingerprint density at radius 3 is 2.55 bits per heavy atom. The van der Waals surface area contributed by atoms with E-state index in [4.69, 9.17) is 4.74 Å². The normalized spacial score (nSPS) is 10.4. The van der Waals surface area contributed by atoms with Gasteiger partial charge in [-0.1, -0.05) is 29.8 Å². The molecule has 0 fully saturated rings. The van der Waals surface area contributed by atoms with Crippen LogP contribution in [0.1, 0.15) is 22.3 Å². The highest BCUT2D eigenvalue weighted by atomic mass is 16.5. The average molecular weight is 393 g/mol. The molecule has 2 aromatic carbocycles. The monoisotopic (exact) mass is 393 g/mol. The number of esters is 1. The third-order valence-electron chi connectivity index (χ3n) is 4.44. The molecule has 3 rings (SSSR count). The number of rotatable bonds is 7. The number of nitrogens with zero attached hydrogens (tertiary/aromatic N) is 2. The van der Waals surface area contributed by atoms with Gasteiger partial charge in [-0.2, -0.15) is 5.10 Å². The zero-order chi connectivity index (χ0) is 20.8. The van der Waals surface area contributed by atoms with Gasteiger partial charge in [0.25, 0.3) is 5.91 Å². The standard InChI is InChI=1S/C22H23N3O4/c1-15-7-9-17(10-8-15)25-14-19(22(27)23-12-11-20(26)29-3)21(24-25)16-5-4-6-18(13-16)28-2/h4-10,13-14H,11-12H2,1-3H3,(H,23,27). The topological polar surface area (TPSA) is 82.5 Å². The second-order valence-electron chi connectivity index (χ2n) is 6.49. The maximum absolute atomic E-state index is 12.8. The number of aromatic nitrogens is 2. The summed E-state index contributed by atoms with van der Waals surface area (Å²) in [7, 11) is 2.90. The summed E-state index contributed by atoms with van der Waals surface area (Å²) >= 11 is 0. The molecule has 29 heavy (non-hydrogen) atoms. The van der Waals surface area contributed by atoms with Crippen molar-refractivity contribution in [1.29, 1.82) is 0 Å². The first kappa shape index (κ1) is 20.1. The molecule has 0 aliphatic carbocycles. The first-order valence-corrected chi connectivity index (χ1v) is 9.18. The van der Waals surface area contributed by atoms with Crippen LogP contribution in [0, 0.1) is 6.92 Å². The number of hydrogen-bond donors (Lipinski definition) is 1. The summed E-state index contributed by atoms with van der Waals surface area (Å²) in [6.45, 7) is 2.19. The van der Waals surface area contributed by atoms with Crippen molar-refractivity contribution < 1.29 is 19.1 Å². The number of ether oxygens (including phenoxy) is 2. The summed E-state index contributed by atoms with van der Waals surface area (Å²) in [6.07, 6.45) is 1.79. The minimum atomic E-state index is -0.381. The van der Waals surface area contributed by atoms with Gasteiger partial charge >= 0.3 is 5.97 Å². The van der Waals surface area contributed by atoms with E-state index < -0.39 is 0 Å². The van der Waals surface area contributed by atoms with Crippen molar-refractivity contribution >= 4 is 11.9 Å². The molecule has 0 atom stereocenters. The van der Waals surface area contributed by atoms with Gasteiger partial charge in [0, 0.05) is 18.3 Å². The van der Waals surface area contributed by atoms with Gasteiger partial charge in [-0.25, -0.2) is 4.68 Å². The van der Waals surface area contributed by atoms with E-state index in [1.165, 1.54) is 7.11 Å². The van der Waals surface area contributed by atoms with Crippen molar-refractivity contribution in [3.63, 3.8) is 0 Å². The molecule has 0 unspecified atom stereocenters. The summed E-state index contributed by atoms with van der Waals surface area (Å²) < 4.78 is 11.6. The highest BCUT2D eigenvalue weighted by Crippen LogP contribution is 2.27. The molecular formula is C22H23N3O4. The van der Waals surface area contributed by atoms with Crippen molar-refractivity contribution in [2.24, 2.45) is 0 Å². The lowest BCUT2D eigenvalue weighted by atomic mass is 10.1. The van der Waals surface area contributed by atoms with Gasteiger partial charge in [0.2, 0.25) is 0 Å². The van der Waals surface area contributed by atoms with Crippen molar-refractivity contribution in [1.82, 2.24) is 15.1 Å². The molecule has 1 aromatic heterocycles. The lowest BCUT2D eigenvalue weighted by Gasteiger charge is -2.06. The van der Waals surface area contributed by atoms with Crippen molar-refractivity contribution in [2.45, 2.75) is 13.3 Å². The van der Waals surface area contributed by atoms with Crippen LogP contribution in [0.15, 0.2) is 54.7 Å². The SMILES string of the molecule is COC(=O)CCNC(=O)c1cn(-c2ccc(C)cc2)nc1-c1cccc(OC)c1. The van der Waals surface area contributed by atoms with Crippen LogP contribution in [0.4, 0.5) is 0 Å². The largest absolute Gasteiger partial charge is 0.497 e. The van der Waals surface area contributed by atoms with Crippen LogP contribution in [0.3, 0.4) is 0 Å². The number of carbonyl (C=O) groups excluding carboxylic acids is 2. The maximum Gasteiger partial charge on any atom is 0.307 e. The van der Waals surface area contributed by atoms with E-state index in [9.17, 15) is 9.59 Å². The summed E-state index contributed by atoms with van der Waals surface area (Å²) in [5.41, 5.74) is 3.67. The Bertz CT molecular complexity index is 1010. The van der Waals surface area contributed by atoms with Crippen molar-refractivity contribution in [3.05, 3.63) is 65.9 Å². The number of carbonyl (C=O) groups is 2. The number of aryl methyl sites for hydroxylation is 1. The fourth-order valence-corrected chi connectivity index (χ4v) is 2.83. The molecule has 0 aliphatic heterocycles. The predicted octanol–water partition coefficient (Wildman–Crippen LogP) is 3.15. The molecular weight excluding hydrogens is 370 g/mol. The molecule has 0 bridgehead atoms. The first-order valence-electron chi connectivity index (χ1n) is 9.18. The maximum atomic E-state index is 12.8. The predicted molar refractivity (Wildman–Crippen MR) is 109 cm³/mol. The van der Waals surface area contributed by atoms with E-state index >= 15 is 0 Å². The van der Waals surface area contributed by atoms with Crippen LogP contribution in [-0.2, 0) is 9.53 Å². The van der Waals surface area contributed by atoms with E-state index in [1.807, 2.05) is 55.5 Å². The molecule has 7 nitrogen and oxygen atoms in total. The molecule has 1 N–H and O–H groups in total. The Kier molecular flexibility index (Phi) is 6.29. The molecule has 7 heteroatoms. The van der Waals surface area contributed by atoms with Crippen molar-refractivity contribution in [2.75, 3.05) is 20.8 Å². The van der Waals surface area contributed by atoms with Crippen LogP contribution in [-0.4, -0.2) is 42.4 Å². The first-order chi connectivity index (χ1) is 14.0. The molecule has 0 radical (unpaired) electrons. The minimum Gasteiger partial charge on any atom is -0.497 e. The Hall–Kier alpha value is -3.61. The Balaban J connectivity index is 1.96. The van der Waals surface area contributed by atoms with Gasteiger partial charge in [-0.3, -0.25) is 9.59 Å². The van der Waals surface area contributed by atoms with Gasteiger partial charge in [-0.05, 0) is 31.2 Å². The quantitative estimate of drug-likeness (QED) is 0.624. The fourth-order valence-electron chi connectivity index (χ4n) is 2.83. The third kappa shape index (κ3) is 4.82. The summed E-state index contributed by atoms with van der Waals surface area (Å²) in [5.74, 6) is -0.0248. The molecule has 1 heterocycles. The number of methoxy groups -OCH3 is 2. The summed E-state index contributed by atoms with van der Waals surface area (Å²) in [6, 6.07) is 15.2. The van der Waals surface area contributed by atoms with E-state index in [2.05, 4.69) is 15.2 Å². The van der Waals surface area contributed by atoms with E-state index in [1.54, 1.807) is 18.0 Å². The van der Waals surface area contributed by atoms with Crippen LogP contribution < -0.4 is 10.1 Å². The minimum absolute atomic E-state index is 0.100. The molecule has 0 saturated carbocycles. The third-order valence-corrected chi connectivity index (χ3v) is 4.44. The van der Waals surface area contributed by atoms with Crippen LogP contribution in [0.5, 0.6) is 5.75 Å². The fraction of sp³-hybridized carbons (Fsp3) is 0.227. The number of amides is 1. The van der Waals surface area contributed by atoms with Crippen LogP contribution in [0.25, 0.3) is 16.9 Å². The average Bonchev–Trinajstić information content (AvgIpc) is 3.19. The second kappa shape index (κ2) is 9.05. The van der Waals surface area contributed by atoms with Gasteiger partial charge in [0.1, 0.15) is 11.4 Å². The molecule has 0 spiro atoms. The molecule has 0 aliphatic rings. The van der Waals surface area contributed by atoms with Gasteiger partial charge in [0.05, 0.1) is 31.9 Å². The molecule has 0 saturated heterocycles. The van der Waals surface area contributed by atoms with E-state index in [-0.39, 0.29) is 24.8 Å². The highest BCUT2D eigenvalue weighted by Gasteiger charge is 2.19. The Morgan fingerprint density at radius 1 is 1.10 bits per heavy atom. The summed E-state index contributed by atoms with van der Waals surface area (Å²) in [4.78, 5) is 24.1. The number of hydrogen-bond acceptors (Lipinski definition) is 5. The van der Waals surface area contributed by atoms with E-state index in [0.717, 1.165) is 16.8 Å². The zero-order valence-corrected chi connectivity index (χ0v) is 16.6. The van der Waals surface area contributed by atoms with Crippen LogP contribution in [0.2, 0.25) is 0 Å². The Morgan fingerprint density at radius 2 is 1.86 bits per heavy atom. The molecule has 3 aromatic rings. The zero-order valence-electron chi connectivity index (χ0n) is 16.6. The lowest BCUT2D eigenvalue weighted by molar-refractivity contribution is -0.140. The number of nitrogens with one attached hydrogen (secondary N) is 1. The Labute approximate surface area is 169 Å². The van der Waals surface area contributed by atoms with Gasteiger partial charge in [0.15, 0.2) is 0 Å². The van der Waals surface area contributed by atoms with Crippen molar-refractivity contribution in [3.8, 4) is 22.7 Å².